The van der Waals surface area contributed by atoms with Gasteiger partial charge in [0.1, 0.15) is 5.75 Å². The van der Waals surface area contributed by atoms with Crippen molar-refractivity contribution in [2.45, 2.75) is 13.0 Å². The molecule has 4 heteroatoms. The summed E-state index contributed by atoms with van der Waals surface area (Å²) >= 11 is 0. The van der Waals surface area contributed by atoms with Crippen molar-refractivity contribution in [2.24, 2.45) is 0 Å². The molecule has 1 aromatic carbocycles. The maximum absolute atomic E-state index is 5.52. The Balaban J connectivity index is 1.57. The van der Waals surface area contributed by atoms with Crippen molar-refractivity contribution < 1.29 is 9.47 Å². The Morgan fingerprint density at radius 2 is 1.95 bits per heavy atom. The van der Waals surface area contributed by atoms with Gasteiger partial charge in [-0.25, -0.2) is 4.98 Å². The number of ether oxygens (including phenoxy) is 2. The number of methoxy groups -OCH3 is 1. The van der Waals surface area contributed by atoms with Crippen LogP contribution in [0.4, 0.5) is 0 Å². The molecule has 0 aliphatic heterocycles. The summed E-state index contributed by atoms with van der Waals surface area (Å²) in [7, 11) is 1.68. The molecule has 2 rings (SSSR count). The summed E-state index contributed by atoms with van der Waals surface area (Å²) in [4.78, 5) is 4.11. The van der Waals surface area contributed by atoms with Gasteiger partial charge >= 0.3 is 0 Å². The molecule has 0 amide bonds. The lowest BCUT2D eigenvalue weighted by atomic mass is 10.2. The van der Waals surface area contributed by atoms with Crippen LogP contribution in [-0.2, 0) is 6.54 Å². The Kier molecular flexibility index (Phi) is 5.86. The van der Waals surface area contributed by atoms with Gasteiger partial charge < -0.3 is 14.8 Å². The molecule has 2 aromatic rings. The van der Waals surface area contributed by atoms with Gasteiger partial charge in [-0.05, 0) is 36.7 Å². The monoisotopic (exact) mass is 272 g/mol. The normalized spacial score (nSPS) is 10.2. The van der Waals surface area contributed by atoms with Gasteiger partial charge in [0.2, 0.25) is 5.88 Å². The zero-order valence-electron chi connectivity index (χ0n) is 11.7. The van der Waals surface area contributed by atoms with Crippen LogP contribution in [0.1, 0.15) is 12.0 Å². The minimum Gasteiger partial charge on any atom is -0.497 e. The first-order chi connectivity index (χ1) is 9.88. The molecule has 1 heterocycles. The summed E-state index contributed by atoms with van der Waals surface area (Å²) in [5.41, 5.74) is 1.25. The molecule has 0 atom stereocenters. The number of rotatable bonds is 8. The van der Waals surface area contributed by atoms with E-state index in [1.807, 2.05) is 30.3 Å². The van der Waals surface area contributed by atoms with Crippen LogP contribution >= 0.6 is 0 Å². The maximum atomic E-state index is 5.52. The minimum atomic E-state index is 0.673. The van der Waals surface area contributed by atoms with Crippen LogP contribution in [-0.4, -0.2) is 25.2 Å². The molecule has 4 nitrogen and oxygen atoms in total. The van der Waals surface area contributed by atoms with Gasteiger partial charge in [-0.15, -0.1) is 0 Å². The highest BCUT2D eigenvalue weighted by Gasteiger charge is 1.95. The van der Waals surface area contributed by atoms with Crippen molar-refractivity contribution in [3.8, 4) is 11.6 Å². The van der Waals surface area contributed by atoms with Gasteiger partial charge in [0, 0.05) is 18.8 Å². The van der Waals surface area contributed by atoms with Gasteiger partial charge in [-0.2, -0.15) is 0 Å². The number of benzene rings is 1. The molecule has 20 heavy (non-hydrogen) atoms. The van der Waals surface area contributed by atoms with E-state index in [2.05, 4.69) is 22.4 Å². The first kappa shape index (κ1) is 14.3. The predicted molar refractivity (Wildman–Crippen MR) is 79.0 cm³/mol. The van der Waals surface area contributed by atoms with E-state index in [-0.39, 0.29) is 0 Å². The first-order valence-electron chi connectivity index (χ1n) is 6.76. The molecular formula is C16H20N2O2. The predicted octanol–water partition coefficient (Wildman–Crippen LogP) is 2.65. The van der Waals surface area contributed by atoms with Crippen LogP contribution in [0, 0.1) is 0 Å². The molecule has 0 aliphatic carbocycles. The van der Waals surface area contributed by atoms with Crippen LogP contribution < -0.4 is 14.8 Å². The SMILES string of the molecule is COc1ccc(CNCCCOc2ccccn2)cc1. The van der Waals surface area contributed by atoms with Crippen LogP contribution in [0.3, 0.4) is 0 Å². The van der Waals surface area contributed by atoms with E-state index >= 15 is 0 Å². The van der Waals surface area contributed by atoms with E-state index in [1.165, 1.54) is 5.56 Å². The third-order valence-electron chi connectivity index (χ3n) is 2.87. The number of pyridine rings is 1. The summed E-state index contributed by atoms with van der Waals surface area (Å²) < 4.78 is 10.6. The van der Waals surface area contributed by atoms with Crippen molar-refractivity contribution in [1.29, 1.82) is 0 Å². The summed E-state index contributed by atoms with van der Waals surface area (Å²) in [6.07, 6.45) is 2.68. The van der Waals surface area contributed by atoms with E-state index in [0.717, 1.165) is 25.3 Å². The molecule has 0 spiro atoms. The average molecular weight is 272 g/mol. The highest BCUT2D eigenvalue weighted by atomic mass is 16.5. The van der Waals surface area contributed by atoms with E-state index in [0.29, 0.717) is 12.5 Å². The standard InChI is InChI=1S/C16H20N2O2/c1-19-15-8-6-14(7-9-15)13-17-10-4-12-20-16-5-2-3-11-18-16/h2-3,5-9,11,17H,4,10,12-13H2,1H3. The molecule has 1 aromatic heterocycles. The van der Waals surface area contributed by atoms with Crippen LogP contribution in [0.5, 0.6) is 11.6 Å². The lowest BCUT2D eigenvalue weighted by Crippen LogP contribution is -2.17. The second kappa shape index (κ2) is 8.17. The number of hydrogen-bond acceptors (Lipinski definition) is 4. The molecule has 0 saturated carbocycles. The highest BCUT2D eigenvalue weighted by Crippen LogP contribution is 2.10. The number of aromatic nitrogens is 1. The molecule has 0 saturated heterocycles. The smallest absolute Gasteiger partial charge is 0.213 e. The molecule has 0 unspecified atom stereocenters. The van der Waals surface area contributed by atoms with Gasteiger partial charge in [-0.3, -0.25) is 0 Å². The van der Waals surface area contributed by atoms with E-state index in [1.54, 1.807) is 13.3 Å². The van der Waals surface area contributed by atoms with Crippen LogP contribution in [0.15, 0.2) is 48.7 Å². The van der Waals surface area contributed by atoms with Gasteiger partial charge in [0.05, 0.1) is 13.7 Å². The first-order valence-corrected chi connectivity index (χ1v) is 6.76. The molecule has 106 valence electrons. The molecule has 0 aliphatic rings. The lowest BCUT2D eigenvalue weighted by Gasteiger charge is -2.07. The third-order valence-corrected chi connectivity index (χ3v) is 2.87. The van der Waals surface area contributed by atoms with Crippen molar-refractivity contribution in [2.75, 3.05) is 20.3 Å². The Morgan fingerprint density at radius 3 is 2.65 bits per heavy atom. The molecule has 0 bridgehead atoms. The average Bonchev–Trinajstić information content (AvgIpc) is 2.52. The van der Waals surface area contributed by atoms with E-state index in [4.69, 9.17) is 9.47 Å². The van der Waals surface area contributed by atoms with Crippen molar-refractivity contribution >= 4 is 0 Å². The summed E-state index contributed by atoms with van der Waals surface area (Å²) in [5, 5.41) is 3.38. The molecular weight excluding hydrogens is 252 g/mol. The molecule has 0 fully saturated rings. The number of hydrogen-bond donors (Lipinski definition) is 1. The maximum Gasteiger partial charge on any atom is 0.213 e. The quantitative estimate of drug-likeness (QED) is 0.750. The van der Waals surface area contributed by atoms with E-state index in [9.17, 15) is 0 Å². The Labute approximate surface area is 119 Å². The van der Waals surface area contributed by atoms with Crippen molar-refractivity contribution in [3.05, 3.63) is 54.2 Å². The Morgan fingerprint density at radius 1 is 1.10 bits per heavy atom. The fraction of sp³-hybridized carbons (Fsp3) is 0.312. The van der Waals surface area contributed by atoms with Gasteiger partial charge in [0.25, 0.3) is 0 Å². The zero-order valence-corrected chi connectivity index (χ0v) is 11.7. The topological polar surface area (TPSA) is 43.4 Å². The third kappa shape index (κ3) is 4.90. The minimum absolute atomic E-state index is 0.673. The summed E-state index contributed by atoms with van der Waals surface area (Å²) in [5.74, 6) is 1.57. The van der Waals surface area contributed by atoms with Crippen LogP contribution in [0.25, 0.3) is 0 Å². The zero-order chi connectivity index (χ0) is 14.0. The van der Waals surface area contributed by atoms with Crippen LogP contribution in [0.2, 0.25) is 0 Å². The van der Waals surface area contributed by atoms with E-state index < -0.39 is 0 Å². The highest BCUT2D eigenvalue weighted by molar-refractivity contribution is 5.26. The van der Waals surface area contributed by atoms with Gasteiger partial charge in [0.15, 0.2) is 0 Å². The number of nitrogens with zero attached hydrogens (tertiary/aromatic N) is 1. The largest absolute Gasteiger partial charge is 0.497 e. The Hall–Kier alpha value is -2.07. The second-order valence-corrected chi connectivity index (χ2v) is 4.39. The fourth-order valence-electron chi connectivity index (χ4n) is 1.78. The summed E-state index contributed by atoms with van der Waals surface area (Å²) in [6, 6.07) is 13.7. The second-order valence-electron chi connectivity index (χ2n) is 4.39. The number of nitrogens with one attached hydrogen (secondary N) is 1. The fourth-order valence-corrected chi connectivity index (χ4v) is 1.78. The Bertz CT molecular complexity index is 486. The van der Waals surface area contributed by atoms with Gasteiger partial charge in [-0.1, -0.05) is 18.2 Å². The molecule has 1 N–H and O–H groups in total. The van der Waals surface area contributed by atoms with Crippen molar-refractivity contribution in [3.63, 3.8) is 0 Å². The van der Waals surface area contributed by atoms with Crippen molar-refractivity contribution in [1.82, 2.24) is 10.3 Å². The summed E-state index contributed by atoms with van der Waals surface area (Å²) in [6.45, 7) is 2.44. The lowest BCUT2D eigenvalue weighted by molar-refractivity contribution is 0.296. The molecule has 0 radical (unpaired) electrons.